The number of methoxy groups -OCH3 is 1. The van der Waals surface area contributed by atoms with E-state index in [2.05, 4.69) is 27.6 Å². The summed E-state index contributed by atoms with van der Waals surface area (Å²) in [6.07, 6.45) is 1.69. The van der Waals surface area contributed by atoms with Crippen molar-refractivity contribution in [2.75, 3.05) is 7.11 Å². The van der Waals surface area contributed by atoms with E-state index >= 15 is 0 Å². The molecule has 1 aliphatic rings. The standard InChI is InChI=1S/C22H16INO4S/c1-26-18-12-15(10-16(23)20(18)27-13-14-6-3-2-4-7-14)11-17-22(25)28-21(24-17)19-8-5-9-29-19/h2-12H,13H2,1H3/b17-11+. The van der Waals surface area contributed by atoms with E-state index in [9.17, 15) is 4.79 Å². The zero-order chi connectivity index (χ0) is 20.2. The van der Waals surface area contributed by atoms with E-state index in [0.29, 0.717) is 24.0 Å². The number of hydrogen-bond donors (Lipinski definition) is 0. The van der Waals surface area contributed by atoms with Crippen molar-refractivity contribution >= 4 is 51.9 Å². The van der Waals surface area contributed by atoms with E-state index in [-0.39, 0.29) is 5.70 Å². The van der Waals surface area contributed by atoms with E-state index in [1.807, 2.05) is 60.0 Å². The highest BCUT2D eigenvalue weighted by Gasteiger charge is 2.25. The van der Waals surface area contributed by atoms with E-state index in [4.69, 9.17) is 14.2 Å². The largest absolute Gasteiger partial charge is 0.493 e. The lowest BCUT2D eigenvalue weighted by Crippen LogP contribution is -2.03. The Morgan fingerprint density at radius 2 is 2.00 bits per heavy atom. The first kappa shape index (κ1) is 19.7. The van der Waals surface area contributed by atoms with Gasteiger partial charge in [-0.05, 0) is 63.4 Å². The average molecular weight is 517 g/mol. The Kier molecular flexibility index (Phi) is 5.96. The number of hydrogen-bond acceptors (Lipinski definition) is 6. The molecule has 0 unspecified atom stereocenters. The summed E-state index contributed by atoms with van der Waals surface area (Å²) in [6, 6.07) is 17.4. The monoisotopic (exact) mass is 517 g/mol. The van der Waals surface area contributed by atoms with Crippen molar-refractivity contribution in [1.82, 2.24) is 0 Å². The fourth-order valence-electron chi connectivity index (χ4n) is 2.77. The third-order valence-corrected chi connectivity index (χ3v) is 5.79. The Morgan fingerprint density at radius 1 is 1.17 bits per heavy atom. The fourth-order valence-corrected chi connectivity index (χ4v) is 4.20. The molecule has 0 aliphatic carbocycles. The van der Waals surface area contributed by atoms with Gasteiger partial charge in [0.2, 0.25) is 5.90 Å². The number of esters is 1. The summed E-state index contributed by atoms with van der Waals surface area (Å²) in [4.78, 5) is 17.3. The van der Waals surface area contributed by atoms with Crippen LogP contribution in [-0.4, -0.2) is 19.0 Å². The molecule has 0 spiro atoms. The van der Waals surface area contributed by atoms with Gasteiger partial charge in [-0.15, -0.1) is 11.3 Å². The normalized spacial score (nSPS) is 14.6. The van der Waals surface area contributed by atoms with Crippen LogP contribution in [0, 0.1) is 3.57 Å². The third kappa shape index (κ3) is 4.51. The summed E-state index contributed by atoms with van der Waals surface area (Å²) in [5.74, 6) is 1.12. The second kappa shape index (κ2) is 8.79. The van der Waals surface area contributed by atoms with Crippen LogP contribution in [0.3, 0.4) is 0 Å². The van der Waals surface area contributed by atoms with E-state index in [1.54, 1.807) is 13.2 Å². The van der Waals surface area contributed by atoms with E-state index < -0.39 is 5.97 Å². The Hall–Kier alpha value is -2.65. The maximum atomic E-state index is 12.2. The summed E-state index contributed by atoms with van der Waals surface area (Å²) in [7, 11) is 1.59. The Bertz CT molecular complexity index is 1090. The molecule has 29 heavy (non-hydrogen) atoms. The van der Waals surface area contributed by atoms with Crippen LogP contribution in [0.1, 0.15) is 16.0 Å². The number of rotatable bonds is 6. The molecular formula is C22H16INO4S. The second-order valence-corrected chi connectivity index (χ2v) is 8.23. The van der Waals surface area contributed by atoms with Crippen LogP contribution in [0.15, 0.2) is 70.7 Å². The lowest BCUT2D eigenvalue weighted by Gasteiger charge is -2.13. The van der Waals surface area contributed by atoms with Gasteiger partial charge in [0.15, 0.2) is 17.2 Å². The van der Waals surface area contributed by atoms with Gasteiger partial charge in [0.1, 0.15) is 6.61 Å². The number of carbonyl (C=O) groups excluding carboxylic acids is 1. The predicted molar refractivity (Wildman–Crippen MR) is 121 cm³/mol. The van der Waals surface area contributed by atoms with Crippen LogP contribution in [0.25, 0.3) is 6.08 Å². The molecule has 3 aromatic rings. The van der Waals surface area contributed by atoms with Crippen molar-refractivity contribution in [3.8, 4) is 11.5 Å². The smallest absolute Gasteiger partial charge is 0.363 e. The van der Waals surface area contributed by atoms with E-state index in [0.717, 1.165) is 19.6 Å². The molecule has 0 N–H and O–H groups in total. The molecule has 0 amide bonds. The van der Waals surface area contributed by atoms with Crippen LogP contribution in [0.2, 0.25) is 0 Å². The molecule has 0 bridgehead atoms. The minimum atomic E-state index is -0.466. The first-order chi connectivity index (χ1) is 14.1. The molecule has 5 nitrogen and oxygen atoms in total. The van der Waals surface area contributed by atoms with Crippen molar-refractivity contribution in [1.29, 1.82) is 0 Å². The van der Waals surface area contributed by atoms with Gasteiger partial charge in [-0.3, -0.25) is 0 Å². The molecule has 0 fully saturated rings. The van der Waals surface area contributed by atoms with Crippen LogP contribution in [0.4, 0.5) is 0 Å². The Morgan fingerprint density at radius 3 is 2.72 bits per heavy atom. The number of ether oxygens (including phenoxy) is 3. The minimum Gasteiger partial charge on any atom is -0.493 e. The lowest BCUT2D eigenvalue weighted by atomic mass is 10.1. The van der Waals surface area contributed by atoms with Gasteiger partial charge in [-0.2, -0.15) is 0 Å². The van der Waals surface area contributed by atoms with Crippen molar-refractivity contribution in [3.63, 3.8) is 0 Å². The Labute approximate surface area is 185 Å². The summed E-state index contributed by atoms with van der Waals surface area (Å²) < 4.78 is 17.7. The maximum absolute atomic E-state index is 12.2. The second-order valence-electron chi connectivity index (χ2n) is 6.12. The highest BCUT2D eigenvalue weighted by Crippen LogP contribution is 2.35. The number of aliphatic imine (C=N–C) groups is 1. The summed E-state index contributed by atoms with van der Waals surface area (Å²) >= 11 is 3.67. The molecule has 1 aliphatic heterocycles. The van der Waals surface area contributed by atoms with Gasteiger partial charge in [-0.25, -0.2) is 9.79 Å². The molecule has 146 valence electrons. The SMILES string of the molecule is COc1cc(/C=C2/N=C(c3cccs3)OC2=O)cc(I)c1OCc1ccccc1. The van der Waals surface area contributed by atoms with Gasteiger partial charge in [0, 0.05) is 0 Å². The molecule has 0 saturated heterocycles. The first-order valence-electron chi connectivity index (χ1n) is 8.75. The minimum absolute atomic E-state index is 0.254. The van der Waals surface area contributed by atoms with Crippen LogP contribution in [-0.2, 0) is 16.1 Å². The van der Waals surface area contributed by atoms with Gasteiger partial charge in [0.25, 0.3) is 0 Å². The fraction of sp³-hybridized carbons (Fsp3) is 0.0909. The summed E-state index contributed by atoms with van der Waals surface area (Å²) in [6.45, 7) is 0.439. The highest BCUT2D eigenvalue weighted by molar-refractivity contribution is 14.1. The summed E-state index contributed by atoms with van der Waals surface area (Å²) in [5, 5.41) is 1.91. The molecule has 2 heterocycles. The molecule has 1 aromatic heterocycles. The average Bonchev–Trinajstić information content (AvgIpc) is 3.38. The zero-order valence-electron chi connectivity index (χ0n) is 15.4. The van der Waals surface area contributed by atoms with Gasteiger partial charge >= 0.3 is 5.97 Å². The number of nitrogens with zero attached hydrogens (tertiary/aromatic N) is 1. The number of halogens is 1. The molecule has 2 aromatic carbocycles. The van der Waals surface area contributed by atoms with Gasteiger partial charge in [0.05, 0.1) is 15.6 Å². The van der Waals surface area contributed by atoms with Crippen molar-refractivity contribution < 1.29 is 19.0 Å². The highest BCUT2D eigenvalue weighted by atomic mass is 127. The first-order valence-corrected chi connectivity index (χ1v) is 10.7. The molecule has 7 heteroatoms. The van der Waals surface area contributed by atoms with Crippen LogP contribution >= 0.6 is 33.9 Å². The maximum Gasteiger partial charge on any atom is 0.363 e. The van der Waals surface area contributed by atoms with Crippen molar-refractivity contribution in [2.24, 2.45) is 4.99 Å². The van der Waals surface area contributed by atoms with Gasteiger partial charge in [-0.1, -0.05) is 36.4 Å². The molecule has 0 atom stereocenters. The quantitative estimate of drug-likeness (QED) is 0.254. The van der Waals surface area contributed by atoms with Crippen LogP contribution < -0.4 is 9.47 Å². The molecule has 0 saturated carbocycles. The van der Waals surface area contributed by atoms with E-state index in [1.165, 1.54) is 11.3 Å². The topological polar surface area (TPSA) is 57.1 Å². The number of benzene rings is 2. The summed E-state index contributed by atoms with van der Waals surface area (Å²) in [5.41, 5.74) is 2.10. The van der Waals surface area contributed by atoms with Gasteiger partial charge < -0.3 is 14.2 Å². The number of carbonyl (C=O) groups is 1. The number of thiophene rings is 1. The number of cyclic esters (lactones) is 1. The zero-order valence-corrected chi connectivity index (χ0v) is 18.4. The molecule has 0 radical (unpaired) electrons. The third-order valence-electron chi connectivity index (χ3n) is 4.13. The molecule has 4 rings (SSSR count). The Balaban J connectivity index is 1.59. The lowest BCUT2D eigenvalue weighted by molar-refractivity contribution is -0.129. The van der Waals surface area contributed by atoms with Crippen LogP contribution in [0.5, 0.6) is 11.5 Å². The molecular weight excluding hydrogens is 501 g/mol. The predicted octanol–water partition coefficient (Wildman–Crippen LogP) is 5.28. The van der Waals surface area contributed by atoms with Crippen molar-refractivity contribution in [3.05, 3.63) is 85.2 Å². The van der Waals surface area contributed by atoms with Crippen molar-refractivity contribution in [2.45, 2.75) is 6.61 Å².